The molecule has 1 atom stereocenters. The summed E-state index contributed by atoms with van der Waals surface area (Å²) in [6.07, 6.45) is 2.18. The number of H-pyrrole nitrogens is 1. The van der Waals surface area contributed by atoms with Crippen molar-refractivity contribution in [2.45, 2.75) is 25.6 Å². The second-order valence-electron chi connectivity index (χ2n) is 7.70. The second kappa shape index (κ2) is 10.2. The summed E-state index contributed by atoms with van der Waals surface area (Å²) < 4.78 is 24.6. The van der Waals surface area contributed by atoms with Crippen LogP contribution in [-0.2, 0) is 24.4 Å². The fraction of sp³-hybridized carbons (Fsp3) is 0.192. The van der Waals surface area contributed by atoms with Gasteiger partial charge in [0.05, 0.1) is 7.11 Å². The standard InChI is InChI=1S/C26H25FN2O4/c1-32-24-8-4-5-18(25(24)33-16-17-9-11-20(27)12-10-17)14-29-23(26(30)31)13-19-15-28-22-7-3-2-6-21(19)22/h2-12,15,23,28-29H,13-14,16H2,1H3,(H,30,31)/t23-/m0/s1. The topological polar surface area (TPSA) is 83.6 Å². The number of nitrogens with one attached hydrogen (secondary N) is 2. The molecule has 1 heterocycles. The van der Waals surface area contributed by atoms with Gasteiger partial charge in [0.1, 0.15) is 18.5 Å². The highest BCUT2D eigenvalue weighted by Crippen LogP contribution is 2.32. The number of ether oxygens (including phenoxy) is 2. The molecule has 1 aromatic heterocycles. The van der Waals surface area contributed by atoms with Crippen molar-refractivity contribution >= 4 is 16.9 Å². The number of carboxylic acids is 1. The molecule has 0 fully saturated rings. The van der Waals surface area contributed by atoms with E-state index in [9.17, 15) is 14.3 Å². The van der Waals surface area contributed by atoms with Crippen LogP contribution in [0.3, 0.4) is 0 Å². The van der Waals surface area contributed by atoms with Crippen molar-refractivity contribution in [3.8, 4) is 11.5 Å². The molecule has 170 valence electrons. The Hall–Kier alpha value is -3.84. The molecule has 4 aromatic rings. The van der Waals surface area contributed by atoms with Gasteiger partial charge in [0.25, 0.3) is 0 Å². The molecule has 0 aliphatic carbocycles. The van der Waals surface area contributed by atoms with Crippen LogP contribution < -0.4 is 14.8 Å². The van der Waals surface area contributed by atoms with E-state index in [1.165, 1.54) is 12.1 Å². The zero-order valence-corrected chi connectivity index (χ0v) is 18.2. The molecule has 7 heteroatoms. The summed E-state index contributed by atoms with van der Waals surface area (Å²) in [7, 11) is 1.55. The smallest absolute Gasteiger partial charge is 0.321 e. The molecule has 0 radical (unpaired) electrons. The molecule has 0 aliphatic rings. The van der Waals surface area contributed by atoms with Crippen LogP contribution in [0.4, 0.5) is 4.39 Å². The van der Waals surface area contributed by atoms with Gasteiger partial charge in [-0.25, -0.2) is 4.39 Å². The molecular weight excluding hydrogens is 423 g/mol. The SMILES string of the molecule is COc1cccc(CN[C@@H](Cc2c[nH]c3ccccc23)C(=O)O)c1OCc1ccc(F)cc1. The summed E-state index contributed by atoms with van der Waals surface area (Å²) >= 11 is 0. The van der Waals surface area contributed by atoms with Gasteiger partial charge in [0, 0.05) is 35.6 Å². The highest BCUT2D eigenvalue weighted by molar-refractivity contribution is 5.84. The molecule has 0 saturated carbocycles. The fourth-order valence-corrected chi connectivity index (χ4v) is 3.76. The summed E-state index contributed by atoms with van der Waals surface area (Å²) in [4.78, 5) is 15.2. The van der Waals surface area contributed by atoms with Crippen LogP contribution in [0.15, 0.2) is 72.9 Å². The van der Waals surface area contributed by atoms with Crippen LogP contribution in [0, 0.1) is 5.82 Å². The van der Waals surface area contributed by atoms with Gasteiger partial charge in [0.2, 0.25) is 0 Å². The number of aromatic nitrogens is 1. The quantitative estimate of drug-likeness (QED) is 0.328. The van der Waals surface area contributed by atoms with Crippen molar-refractivity contribution in [1.82, 2.24) is 10.3 Å². The van der Waals surface area contributed by atoms with E-state index in [1.807, 2.05) is 42.6 Å². The maximum Gasteiger partial charge on any atom is 0.321 e. The molecule has 0 amide bonds. The Morgan fingerprint density at radius 2 is 1.85 bits per heavy atom. The van der Waals surface area contributed by atoms with Crippen molar-refractivity contribution in [3.05, 3.63) is 95.4 Å². The van der Waals surface area contributed by atoms with Crippen LogP contribution in [0.1, 0.15) is 16.7 Å². The number of aliphatic carboxylic acids is 1. The van der Waals surface area contributed by atoms with Gasteiger partial charge in [-0.05, 0) is 35.4 Å². The first-order valence-corrected chi connectivity index (χ1v) is 10.6. The molecule has 0 unspecified atom stereocenters. The molecule has 3 N–H and O–H groups in total. The number of para-hydroxylation sites is 2. The zero-order chi connectivity index (χ0) is 23.2. The summed E-state index contributed by atoms with van der Waals surface area (Å²) in [5.41, 5.74) is 3.48. The zero-order valence-electron chi connectivity index (χ0n) is 18.2. The van der Waals surface area contributed by atoms with E-state index in [0.717, 1.165) is 27.6 Å². The number of benzene rings is 3. The molecular formula is C26H25FN2O4. The Bertz CT molecular complexity index is 1240. The van der Waals surface area contributed by atoms with Crippen LogP contribution in [0.5, 0.6) is 11.5 Å². The summed E-state index contributed by atoms with van der Waals surface area (Å²) in [6.45, 7) is 0.501. The Balaban J connectivity index is 1.49. The van der Waals surface area contributed by atoms with Gasteiger partial charge in [-0.2, -0.15) is 0 Å². The Kier molecular flexibility index (Phi) is 6.90. The predicted molar refractivity (Wildman–Crippen MR) is 124 cm³/mol. The van der Waals surface area contributed by atoms with Crippen LogP contribution in [0.25, 0.3) is 10.9 Å². The fourth-order valence-electron chi connectivity index (χ4n) is 3.76. The summed E-state index contributed by atoms with van der Waals surface area (Å²) in [5.74, 6) is -0.180. The maximum absolute atomic E-state index is 13.2. The highest BCUT2D eigenvalue weighted by Gasteiger charge is 2.21. The lowest BCUT2D eigenvalue weighted by atomic mass is 10.0. The number of methoxy groups -OCH3 is 1. The van der Waals surface area contributed by atoms with E-state index in [1.54, 1.807) is 25.3 Å². The Labute approximate surface area is 191 Å². The lowest BCUT2D eigenvalue weighted by Crippen LogP contribution is -2.38. The molecule has 3 aromatic carbocycles. The molecule has 0 spiro atoms. The van der Waals surface area contributed by atoms with E-state index >= 15 is 0 Å². The maximum atomic E-state index is 13.2. The third kappa shape index (κ3) is 5.32. The van der Waals surface area contributed by atoms with Gasteiger partial charge in [-0.3, -0.25) is 10.1 Å². The number of rotatable bonds is 10. The van der Waals surface area contributed by atoms with Gasteiger partial charge >= 0.3 is 5.97 Å². The number of carbonyl (C=O) groups is 1. The van der Waals surface area contributed by atoms with E-state index in [-0.39, 0.29) is 19.0 Å². The second-order valence-corrected chi connectivity index (χ2v) is 7.70. The first-order chi connectivity index (χ1) is 16.0. The summed E-state index contributed by atoms with van der Waals surface area (Å²) in [6, 6.07) is 18.6. The molecule has 4 rings (SSSR count). The average molecular weight is 448 g/mol. The first-order valence-electron chi connectivity index (χ1n) is 10.6. The molecule has 33 heavy (non-hydrogen) atoms. The van der Waals surface area contributed by atoms with Gasteiger partial charge < -0.3 is 19.6 Å². The molecule has 0 bridgehead atoms. The van der Waals surface area contributed by atoms with Crippen LogP contribution in [-0.4, -0.2) is 29.2 Å². The van der Waals surface area contributed by atoms with Crippen molar-refractivity contribution < 1.29 is 23.8 Å². The Morgan fingerprint density at radius 3 is 2.61 bits per heavy atom. The number of aromatic amines is 1. The number of fused-ring (bicyclic) bond motifs is 1. The van der Waals surface area contributed by atoms with Crippen molar-refractivity contribution in [1.29, 1.82) is 0 Å². The number of hydrogen-bond acceptors (Lipinski definition) is 4. The van der Waals surface area contributed by atoms with E-state index in [4.69, 9.17) is 9.47 Å². The van der Waals surface area contributed by atoms with Gasteiger partial charge in [-0.15, -0.1) is 0 Å². The molecule has 6 nitrogen and oxygen atoms in total. The minimum Gasteiger partial charge on any atom is -0.493 e. The van der Waals surface area contributed by atoms with Crippen molar-refractivity contribution in [3.63, 3.8) is 0 Å². The monoisotopic (exact) mass is 448 g/mol. The third-order valence-electron chi connectivity index (χ3n) is 5.51. The lowest BCUT2D eigenvalue weighted by molar-refractivity contribution is -0.139. The molecule has 0 saturated heterocycles. The first kappa shape index (κ1) is 22.4. The number of halogens is 1. The predicted octanol–water partition coefficient (Wildman–Crippen LogP) is 4.68. The summed E-state index contributed by atoms with van der Waals surface area (Å²) in [5, 5.41) is 14.0. The molecule has 0 aliphatic heterocycles. The third-order valence-corrected chi connectivity index (χ3v) is 5.51. The van der Waals surface area contributed by atoms with E-state index < -0.39 is 12.0 Å². The lowest BCUT2D eigenvalue weighted by Gasteiger charge is -2.18. The normalized spacial score (nSPS) is 11.9. The Morgan fingerprint density at radius 1 is 1.06 bits per heavy atom. The van der Waals surface area contributed by atoms with E-state index in [0.29, 0.717) is 17.9 Å². The van der Waals surface area contributed by atoms with Crippen molar-refractivity contribution in [2.75, 3.05) is 7.11 Å². The van der Waals surface area contributed by atoms with Crippen molar-refractivity contribution in [2.24, 2.45) is 0 Å². The van der Waals surface area contributed by atoms with E-state index in [2.05, 4.69) is 10.3 Å². The minimum absolute atomic E-state index is 0.228. The van der Waals surface area contributed by atoms with Crippen LogP contribution in [0.2, 0.25) is 0 Å². The average Bonchev–Trinajstić information content (AvgIpc) is 3.24. The van der Waals surface area contributed by atoms with Crippen LogP contribution >= 0.6 is 0 Å². The number of carboxylic acid groups (broad SMARTS) is 1. The largest absolute Gasteiger partial charge is 0.493 e. The minimum atomic E-state index is -0.933. The number of hydrogen-bond donors (Lipinski definition) is 3. The van der Waals surface area contributed by atoms with Gasteiger partial charge in [0.15, 0.2) is 11.5 Å². The van der Waals surface area contributed by atoms with Gasteiger partial charge in [-0.1, -0.05) is 42.5 Å². The highest BCUT2D eigenvalue weighted by atomic mass is 19.1.